The van der Waals surface area contributed by atoms with Crippen molar-refractivity contribution in [1.82, 2.24) is 4.98 Å². The zero-order chi connectivity index (χ0) is 10.8. The van der Waals surface area contributed by atoms with Crippen LogP contribution >= 0.6 is 27.3 Å². The molecule has 0 bridgehead atoms. The maximum atomic E-state index is 11.5. The van der Waals surface area contributed by atoms with Gasteiger partial charge in [-0.1, -0.05) is 0 Å². The van der Waals surface area contributed by atoms with Gasteiger partial charge in [0.25, 0.3) is 0 Å². The van der Waals surface area contributed by atoms with E-state index in [1.165, 1.54) is 11.3 Å². The van der Waals surface area contributed by atoms with Crippen LogP contribution in [0.4, 0.5) is 0 Å². The fourth-order valence-corrected chi connectivity index (χ4v) is 2.75. The summed E-state index contributed by atoms with van der Waals surface area (Å²) in [6.45, 7) is 2.19. The summed E-state index contributed by atoms with van der Waals surface area (Å²) in [6, 6.07) is 1.80. The van der Waals surface area contributed by atoms with Crippen molar-refractivity contribution in [3.8, 4) is 0 Å². The second kappa shape index (κ2) is 4.28. The zero-order valence-electron chi connectivity index (χ0n) is 7.99. The Bertz CT molecular complexity index is 509. The van der Waals surface area contributed by atoms with Crippen LogP contribution in [0.5, 0.6) is 0 Å². The Kier molecular flexibility index (Phi) is 3.02. The molecular weight excluding hydrogens is 278 g/mol. The highest BCUT2D eigenvalue weighted by molar-refractivity contribution is 9.10. The molecule has 2 aromatic rings. The smallest absolute Gasteiger partial charge is 0.348 e. The number of carbonyl (C=O) groups excluding carboxylic acids is 1. The lowest BCUT2D eigenvalue weighted by molar-refractivity contribution is 0.0532. The number of halogens is 1. The molecule has 0 N–H and O–H groups in total. The number of fused-ring (bicyclic) bond motifs is 1. The molecule has 0 aliphatic rings. The first-order valence-electron chi connectivity index (χ1n) is 4.42. The molecule has 0 amide bonds. The van der Waals surface area contributed by atoms with Crippen molar-refractivity contribution >= 4 is 43.3 Å². The van der Waals surface area contributed by atoms with E-state index in [0.29, 0.717) is 11.5 Å². The molecule has 5 heteroatoms. The van der Waals surface area contributed by atoms with E-state index in [1.807, 2.05) is 0 Å². The summed E-state index contributed by atoms with van der Waals surface area (Å²) in [4.78, 5) is 16.1. The highest BCUT2D eigenvalue weighted by Gasteiger charge is 2.12. The van der Waals surface area contributed by atoms with Gasteiger partial charge in [-0.05, 0) is 28.9 Å². The molecule has 0 saturated heterocycles. The summed E-state index contributed by atoms with van der Waals surface area (Å²) in [6.07, 6.45) is 3.45. The monoisotopic (exact) mass is 285 g/mol. The number of rotatable bonds is 2. The van der Waals surface area contributed by atoms with E-state index in [1.54, 1.807) is 25.4 Å². The zero-order valence-corrected chi connectivity index (χ0v) is 10.4. The van der Waals surface area contributed by atoms with Crippen molar-refractivity contribution in [3.05, 3.63) is 27.8 Å². The Balaban J connectivity index is 2.47. The van der Waals surface area contributed by atoms with Gasteiger partial charge in [0.2, 0.25) is 0 Å². The summed E-state index contributed by atoms with van der Waals surface area (Å²) < 4.78 is 6.86. The van der Waals surface area contributed by atoms with E-state index < -0.39 is 0 Å². The van der Waals surface area contributed by atoms with Crippen LogP contribution < -0.4 is 0 Å². The van der Waals surface area contributed by atoms with E-state index >= 15 is 0 Å². The summed E-state index contributed by atoms with van der Waals surface area (Å²) >= 11 is 4.80. The van der Waals surface area contributed by atoms with E-state index in [9.17, 15) is 4.79 Å². The normalized spacial score (nSPS) is 10.5. The van der Waals surface area contributed by atoms with Crippen molar-refractivity contribution in [3.63, 3.8) is 0 Å². The van der Waals surface area contributed by atoms with Gasteiger partial charge in [-0.25, -0.2) is 4.79 Å². The average Bonchev–Trinajstić information content (AvgIpc) is 2.63. The molecule has 0 radical (unpaired) electrons. The number of ether oxygens (including phenoxy) is 1. The highest BCUT2D eigenvalue weighted by atomic mass is 79.9. The fourth-order valence-electron chi connectivity index (χ4n) is 1.23. The Morgan fingerprint density at radius 2 is 2.40 bits per heavy atom. The van der Waals surface area contributed by atoms with Gasteiger partial charge in [0, 0.05) is 17.8 Å². The van der Waals surface area contributed by atoms with Gasteiger partial charge in [-0.2, -0.15) is 0 Å². The predicted octanol–water partition coefficient (Wildman–Crippen LogP) is 3.24. The van der Waals surface area contributed by atoms with Crippen LogP contribution in [0.2, 0.25) is 0 Å². The van der Waals surface area contributed by atoms with Crippen molar-refractivity contribution in [2.45, 2.75) is 6.92 Å². The van der Waals surface area contributed by atoms with Crippen LogP contribution in [0.1, 0.15) is 16.6 Å². The molecule has 0 aliphatic heterocycles. The molecule has 3 nitrogen and oxygen atoms in total. The van der Waals surface area contributed by atoms with Gasteiger partial charge < -0.3 is 4.74 Å². The second-order valence-electron chi connectivity index (χ2n) is 2.87. The standard InChI is InChI=1S/C10H8BrNO2S/c1-2-14-10(13)8-3-6-4-12-5-7(11)9(6)15-8/h3-5H,2H2,1H3. The van der Waals surface area contributed by atoms with Gasteiger partial charge in [-0.15, -0.1) is 11.3 Å². The number of esters is 1. The molecular formula is C10H8BrNO2S. The van der Waals surface area contributed by atoms with Crippen LogP contribution in [0.15, 0.2) is 22.9 Å². The molecule has 0 saturated carbocycles. The molecule has 0 aromatic carbocycles. The molecule has 0 aliphatic carbocycles. The number of hydrogen-bond acceptors (Lipinski definition) is 4. The Labute approximate surface area is 99.2 Å². The number of hydrogen-bond donors (Lipinski definition) is 0. The molecule has 15 heavy (non-hydrogen) atoms. The van der Waals surface area contributed by atoms with Crippen molar-refractivity contribution in [1.29, 1.82) is 0 Å². The third-order valence-electron chi connectivity index (χ3n) is 1.86. The maximum absolute atomic E-state index is 11.5. The van der Waals surface area contributed by atoms with Crippen molar-refractivity contribution in [2.75, 3.05) is 6.61 Å². The van der Waals surface area contributed by atoms with Crippen LogP contribution in [0, 0.1) is 0 Å². The van der Waals surface area contributed by atoms with E-state index in [0.717, 1.165) is 14.6 Å². The highest BCUT2D eigenvalue weighted by Crippen LogP contribution is 2.31. The number of pyridine rings is 1. The lowest BCUT2D eigenvalue weighted by Gasteiger charge is -1.95. The van der Waals surface area contributed by atoms with Gasteiger partial charge in [0.1, 0.15) is 4.88 Å². The lowest BCUT2D eigenvalue weighted by atomic mass is 10.3. The van der Waals surface area contributed by atoms with E-state index in [4.69, 9.17) is 4.74 Å². The maximum Gasteiger partial charge on any atom is 0.348 e. The van der Waals surface area contributed by atoms with E-state index in [2.05, 4.69) is 20.9 Å². The number of aromatic nitrogens is 1. The summed E-state index contributed by atoms with van der Waals surface area (Å²) in [5.74, 6) is -0.273. The van der Waals surface area contributed by atoms with Gasteiger partial charge >= 0.3 is 5.97 Å². The second-order valence-corrected chi connectivity index (χ2v) is 4.78. The first kappa shape index (κ1) is 10.6. The van der Waals surface area contributed by atoms with Gasteiger partial charge in [0.05, 0.1) is 15.8 Å². The van der Waals surface area contributed by atoms with Crippen LogP contribution in [-0.4, -0.2) is 17.6 Å². The largest absolute Gasteiger partial charge is 0.462 e. The molecule has 2 heterocycles. The lowest BCUT2D eigenvalue weighted by Crippen LogP contribution is -2.01. The molecule has 0 unspecified atom stereocenters. The first-order valence-corrected chi connectivity index (χ1v) is 6.03. The van der Waals surface area contributed by atoms with Crippen molar-refractivity contribution in [2.24, 2.45) is 0 Å². The van der Waals surface area contributed by atoms with Crippen molar-refractivity contribution < 1.29 is 9.53 Å². The summed E-state index contributed by atoms with van der Waals surface area (Å²) in [7, 11) is 0. The van der Waals surface area contributed by atoms with Gasteiger partial charge in [0.15, 0.2) is 0 Å². The Morgan fingerprint density at radius 3 is 3.07 bits per heavy atom. The molecule has 0 fully saturated rings. The third kappa shape index (κ3) is 2.03. The Hall–Kier alpha value is -0.940. The molecule has 2 rings (SSSR count). The van der Waals surface area contributed by atoms with Crippen LogP contribution in [-0.2, 0) is 4.74 Å². The quantitative estimate of drug-likeness (QED) is 0.796. The molecule has 78 valence electrons. The first-order chi connectivity index (χ1) is 7.22. The average molecular weight is 286 g/mol. The molecule has 2 aromatic heterocycles. The number of thiophene rings is 1. The summed E-state index contributed by atoms with van der Waals surface area (Å²) in [5.41, 5.74) is 0. The molecule has 0 spiro atoms. The Morgan fingerprint density at radius 1 is 1.60 bits per heavy atom. The summed E-state index contributed by atoms with van der Waals surface area (Å²) in [5, 5.41) is 0.956. The van der Waals surface area contributed by atoms with E-state index in [-0.39, 0.29) is 5.97 Å². The minimum absolute atomic E-state index is 0.273. The van der Waals surface area contributed by atoms with Gasteiger partial charge in [-0.3, -0.25) is 4.98 Å². The van der Waals surface area contributed by atoms with Crippen LogP contribution in [0.3, 0.4) is 0 Å². The third-order valence-corrected chi connectivity index (χ3v) is 3.88. The SMILES string of the molecule is CCOC(=O)c1cc2cncc(Br)c2s1. The van der Waals surface area contributed by atoms with Crippen LogP contribution in [0.25, 0.3) is 10.1 Å². The minimum atomic E-state index is -0.273. The topological polar surface area (TPSA) is 39.2 Å². The number of carbonyl (C=O) groups is 1. The molecule has 0 atom stereocenters. The minimum Gasteiger partial charge on any atom is -0.462 e. The number of nitrogens with zero attached hydrogens (tertiary/aromatic N) is 1. The predicted molar refractivity (Wildman–Crippen MR) is 63.3 cm³/mol. The fraction of sp³-hybridized carbons (Fsp3) is 0.200.